The first-order valence-electron chi connectivity index (χ1n) is 14.8. The number of aryl methyl sites for hydroxylation is 2. The minimum absolute atomic E-state index is 0.0584. The molecule has 2 N–H and O–H groups in total. The van der Waals surface area contributed by atoms with Crippen LogP contribution in [0.1, 0.15) is 94.2 Å². The highest BCUT2D eigenvalue weighted by atomic mass is 32.2. The number of nitrogens with one attached hydrogen (secondary N) is 1. The Labute approximate surface area is 237 Å². The Balaban J connectivity index is 1.19. The van der Waals surface area contributed by atoms with E-state index in [4.69, 9.17) is 4.99 Å². The lowest BCUT2D eigenvalue weighted by Gasteiger charge is -2.35. The number of aliphatic hydroxyl groups is 1. The summed E-state index contributed by atoms with van der Waals surface area (Å²) >= 11 is 1.70. The van der Waals surface area contributed by atoms with E-state index in [9.17, 15) is 14.7 Å². The maximum Gasteiger partial charge on any atom is 0.253 e. The summed E-state index contributed by atoms with van der Waals surface area (Å²) in [5.74, 6) is 1.56. The molecule has 5 rings (SSSR count). The molecule has 2 saturated carbocycles. The normalized spacial score (nSPS) is 26.2. The molecule has 2 aliphatic carbocycles. The van der Waals surface area contributed by atoms with E-state index >= 15 is 0 Å². The molecular formula is C31H44N4O3S. The van der Waals surface area contributed by atoms with Gasteiger partial charge in [-0.3, -0.25) is 14.6 Å². The highest BCUT2D eigenvalue weighted by Crippen LogP contribution is 2.36. The fourth-order valence-electron chi connectivity index (χ4n) is 6.92. The van der Waals surface area contributed by atoms with Gasteiger partial charge in [-0.2, -0.15) is 0 Å². The van der Waals surface area contributed by atoms with Crippen molar-refractivity contribution >= 4 is 41.4 Å². The molecule has 2 aliphatic heterocycles. The van der Waals surface area contributed by atoms with Crippen LogP contribution >= 0.6 is 11.9 Å². The van der Waals surface area contributed by atoms with Crippen molar-refractivity contribution in [3.05, 3.63) is 34.2 Å². The molecular weight excluding hydrogens is 508 g/mol. The van der Waals surface area contributed by atoms with E-state index < -0.39 is 5.54 Å². The standard InChI is InChI=1S/C31H44N4O3S/c1-21-19-26(35(23(3)36)25-9-11-27(37)12-10-25)20-22(2)28(21)13-18-39-34-16-14-31(15-17-34)30(38)32-29(33-31)24-7-5-4-6-8-24/h13,18-20,24-25,27,37H,4-12,14-17H2,1-3H3,(H,32,33,38)/b18-13+. The first kappa shape index (κ1) is 28.4. The van der Waals surface area contributed by atoms with Crippen molar-refractivity contribution in [3.63, 3.8) is 0 Å². The second kappa shape index (κ2) is 12.1. The van der Waals surface area contributed by atoms with Crippen LogP contribution in [0.3, 0.4) is 0 Å². The first-order valence-corrected chi connectivity index (χ1v) is 15.7. The fourth-order valence-corrected chi connectivity index (χ4v) is 7.68. The lowest BCUT2D eigenvalue weighted by atomic mass is 9.88. The molecule has 212 valence electrons. The summed E-state index contributed by atoms with van der Waals surface area (Å²) in [5.41, 5.74) is 3.87. The summed E-state index contributed by atoms with van der Waals surface area (Å²) < 4.78 is 2.33. The number of amides is 2. The zero-order chi connectivity index (χ0) is 27.6. The number of carbonyl (C=O) groups is 2. The lowest BCUT2D eigenvalue weighted by molar-refractivity contribution is -0.125. The highest BCUT2D eigenvalue weighted by Gasteiger charge is 2.46. The van der Waals surface area contributed by atoms with E-state index in [1.54, 1.807) is 18.9 Å². The van der Waals surface area contributed by atoms with Gasteiger partial charge in [0.05, 0.1) is 6.10 Å². The molecule has 0 bridgehead atoms. The minimum atomic E-state index is -0.560. The lowest BCUT2D eigenvalue weighted by Crippen LogP contribution is -2.47. The summed E-state index contributed by atoms with van der Waals surface area (Å²) in [6.07, 6.45) is 12.7. The molecule has 1 aromatic rings. The van der Waals surface area contributed by atoms with Crippen LogP contribution in [-0.4, -0.2) is 57.8 Å². The number of aliphatic hydroxyl groups excluding tert-OH is 1. The monoisotopic (exact) mass is 552 g/mol. The van der Waals surface area contributed by atoms with Crippen LogP contribution in [-0.2, 0) is 9.59 Å². The van der Waals surface area contributed by atoms with Crippen LogP contribution in [0.15, 0.2) is 22.5 Å². The van der Waals surface area contributed by atoms with Gasteiger partial charge in [0.15, 0.2) is 0 Å². The Bertz CT molecular complexity index is 1100. The number of rotatable bonds is 6. The second-order valence-electron chi connectivity index (χ2n) is 12.0. The van der Waals surface area contributed by atoms with Gasteiger partial charge < -0.3 is 15.3 Å². The quantitative estimate of drug-likeness (QED) is 0.454. The van der Waals surface area contributed by atoms with Crippen molar-refractivity contribution in [1.29, 1.82) is 0 Å². The van der Waals surface area contributed by atoms with Gasteiger partial charge in [-0.25, -0.2) is 4.31 Å². The van der Waals surface area contributed by atoms with E-state index in [-0.39, 0.29) is 24.0 Å². The van der Waals surface area contributed by atoms with Gasteiger partial charge in [-0.1, -0.05) is 31.2 Å². The smallest absolute Gasteiger partial charge is 0.253 e. The Hall–Kier alpha value is -2.16. The van der Waals surface area contributed by atoms with Crippen LogP contribution < -0.4 is 10.2 Å². The molecule has 0 unspecified atom stereocenters. The average molecular weight is 553 g/mol. The number of amidine groups is 1. The van der Waals surface area contributed by atoms with Crippen LogP contribution in [0.5, 0.6) is 0 Å². The molecule has 4 aliphatic rings. The third-order valence-corrected chi connectivity index (χ3v) is 10.1. The van der Waals surface area contributed by atoms with Crippen molar-refractivity contribution in [1.82, 2.24) is 9.62 Å². The minimum Gasteiger partial charge on any atom is -0.393 e. The molecule has 2 amide bonds. The average Bonchev–Trinajstić information content (AvgIpc) is 3.24. The zero-order valence-corrected chi connectivity index (χ0v) is 24.6. The van der Waals surface area contributed by atoms with Gasteiger partial charge >= 0.3 is 0 Å². The van der Waals surface area contributed by atoms with Crippen molar-refractivity contribution in [2.75, 3.05) is 18.0 Å². The van der Waals surface area contributed by atoms with Gasteiger partial charge in [-0.05, 0) is 106 Å². The number of anilines is 1. The van der Waals surface area contributed by atoms with E-state index in [0.29, 0.717) is 5.92 Å². The maximum absolute atomic E-state index is 12.9. The molecule has 2 heterocycles. The number of carbonyl (C=O) groups excluding carboxylic acids is 2. The SMILES string of the molecule is CC(=O)N(c1cc(C)c(/C=C/SN2CCC3(CC2)N=C(C2CCCCC2)NC3=O)c(C)c1)C1CCC(O)CC1. The number of nitrogens with zero attached hydrogens (tertiary/aromatic N) is 3. The molecule has 1 aromatic carbocycles. The zero-order valence-electron chi connectivity index (χ0n) is 23.7. The number of piperidine rings is 1. The summed E-state index contributed by atoms with van der Waals surface area (Å²) in [6.45, 7) is 7.53. The molecule has 0 radical (unpaired) electrons. The number of aliphatic imine (C=N–C) groups is 1. The van der Waals surface area contributed by atoms with Crippen LogP contribution in [0.4, 0.5) is 5.69 Å². The van der Waals surface area contributed by atoms with Gasteiger partial charge in [0, 0.05) is 37.7 Å². The molecule has 1 spiro atoms. The summed E-state index contributed by atoms with van der Waals surface area (Å²) in [6, 6.07) is 4.39. The number of hydrogen-bond acceptors (Lipinski definition) is 6. The van der Waals surface area contributed by atoms with Crippen molar-refractivity contribution in [2.45, 2.75) is 109 Å². The van der Waals surface area contributed by atoms with Crippen LogP contribution in [0, 0.1) is 19.8 Å². The highest BCUT2D eigenvalue weighted by molar-refractivity contribution is 8.00. The summed E-state index contributed by atoms with van der Waals surface area (Å²) in [4.78, 5) is 32.4. The summed E-state index contributed by atoms with van der Waals surface area (Å²) in [7, 11) is 0. The third-order valence-electron chi connectivity index (χ3n) is 9.21. The van der Waals surface area contributed by atoms with Crippen molar-refractivity contribution < 1.29 is 14.7 Å². The van der Waals surface area contributed by atoms with Crippen molar-refractivity contribution in [3.8, 4) is 0 Å². The molecule has 0 aromatic heterocycles. The summed E-state index contributed by atoms with van der Waals surface area (Å²) in [5, 5.41) is 15.2. The number of hydrogen-bond donors (Lipinski definition) is 2. The Morgan fingerprint density at radius 1 is 1.08 bits per heavy atom. The fraction of sp³-hybridized carbons (Fsp3) is 0.645. The maximum atomic E-state index is 12.9. The first-order chi connectivity index (χ1) is 18.8. The van der Waals surface area contributed by atoms with Gasteiger partial charge in [-0.15, -0.1) is 0 Å². The van der Waals surface area contributed by atoms with Crippen LogP contribution in [0.25, 0.3) is 6.08 Å². The van der Waals surface area contributed by atoms with Crippen molar-refractivity contribution in [2.24, 2.45) is 10.9 Å². The predicted octanol–water partition coefficient (Wildman–Crippen LogP) is 5.52. The van der Waals surface area contributed by atoms with Gasteiger partial charge in [0.25, 0.3) is 5.91 Å². The molecule has 3 fully saturated rings. The number of benzene rings is 1. The topological polar surface area (TPSA) is 85.2 Å². The molecule has 1 saturated heterocycles. The van der Waals surface area contributed by atoms with E-state index in [2.05, 4.69) is 47.1 Å². The Morgan fingerprint density at radius 2 is 1.72 bits per heavy atom. The molecule has 7 nitrogen and oxygen atoms in total. The molecule has 8 heteroatoms. The van der Waals surface area contributed by atoms with E-state index in [1.807, 2.05) is 4.90 Å². The largest absolute Gasteiger partial charge is 0.393 e. The third kappa shape index (κ3) is 6.28. The predicted molar refractivity (Wildman–Crippen MR) is 160 cm³/mol. The molecule has 0 atom stereocenters. The van der Waals surface area contributed by atoms with Gasteiger partial charge in [0.1, 0.15) is 11.4 Å². The van der Waals surface area contributed by atoms with Gasteiger partial charge in [0.2, 0.25) is 5.91 Å². The second-order valence-corrected chi connectivity index (χ2v) is 13.0. The van der Waals surface area contributed by atoms with Crippen LogP contribution in [0.2, 0.25) is 0 Å². The Morgan fingerprint density at radius 3 is 2.33 bits per heavy atom. The Kier molecular flexibility index (Phi) is 8.84. The molecule has 39 heavy (non-hydrogen) atoms. The van der Waals surface area contributed by atoms with E-state index in [1.165, 1.54) is 24.8 Å². The van der Waals surface area contributed by atoms with E-state index in [0.717, 1.165) is 87.1 Å².